The van der Waals surface area contributed by atoms with Gasteiger partial charge in [-0.25, -0.2) is 4.98 Å². The molecule has 0 aliphatic rings. The molecule has 2 aromatic heterocycles. The number of hydrogen-bond acceptors (Lipinski definition) is 5. The van der Waals surface area contributed by atoms with Crippen LogP contribution in [0.5, 0.6) is 0 Å². The van der Waals surface area contributed by atoms with E-state index in [1.807, 2.05) is 0 Å². The average molecular weight is 250 g/mol. The number of carbonyl (C=O) groups excluding carboxylic acids is 1. The third-order valence-corrected chi connectivity index (χ3v) is 2.22. The quantitative estimate of drug-likeness (QED) is 0.784. The molecule has 2 heterocycles. The number of nitrogens with zero attached hydrogens (tertiary/aromatic N) is 3. The van der Waals surface area contributed by atoms with Crippen molar-refractivity contribution in [2.75, 3.05) is 11.1 Å². The summed E-state index contributed by atoms with van der Waals surface area (Å²) in [5.74, 6) is -0.105. The molecule has 0 unspecified atom stereocenters. The van der Waals surface area contributed by atoms with Gasteiger partial charge in [0.05, 0.1) is 17.4 Å². The second kappa shape index (κ2) is 4.75. The first-order valence-electron chi connectivity index (χ1n) is 4.67. The standard InChI is InChI=1S/C10H8ClN5O/c11-9-7(4-6(12)5-13-9)10(17)15-8-2-1-3-14-16-8/h1-5H,12H2,(H,15,16,17). The summed E-state index contributed by atoms with van der Waals surface area (Å²) in [5, 5.41) is 9.97. The predicted octanol–water partition coefficient (Wildman–Crippen LogP) is 1.36. The highest BCUT2D eigenvalue weighted by molar-refractivity contribution is 6.33. The lowest BCUT2D eigenvalue weighted by Gasteiger charge is -2.05. The molecule has 0 saturated carbocycles. The number of hydrogen-bond donors (Lipinski definition) is 2. The molecule has 7 heteroatoms. The van der Waals surface area contributed by atoms with Gasteiger partial charge in [-0.05, 0) is 18.2 Å². The van der Waals surface area contributed by atoms with E-state index in [4.69, 9.17) is 17.3 Å². The van der Waals surface area contributed by atoms with Crippen LogP contribution in [0.4, 0.5) is 11.5 Å². The van der Waals surface area contributed by atoms with Crippen LogP contribution in [0.3, 0.4) is 0 Å². The molecular formula is C10H8ClN5O. The fourth-order valence-corrected chi connectivity index (χ4v) is 1.36. The number of nitrogen functional groups attached to an aromatic ring is 1. The topological polar surface area (TPSA) is 93.8 Å². The zero-order valence-corrected chi connectivity index (χ0v) is 9.35. The van der Waals surface area contributed by atoms with E-state index in [1.165, 1.54) is 18.5 Å². The Morgan fingerprint density at radius 2 is 2.29 bits per heavy atom. The van der Waals surface area contributed by atoms with Crippen LogP contribution in [-0.2, 0) is 0 Å². The number of carbonyl (C=O) groups is 1. The van der Waals surface area contributed by atoms with Gasteiger partial charge >= 0.3 is 0 Å². The maximum Gasteiger partial charge on any atom is 0.260 e. The lowest BCUT2D eigenvalue weighted by molar-refractivity contribution is 0.102. The third-order valence-electron chi connectivity index (χ3n) is 1.92. The normalized spacial score (nSPS) is 9.94. The molecule has 0 fully saturated rings. The van der Waals surface area contributed by atoms with Crippen molar-refractivity contribution in [3.05, 3.63) is 41.3 Å². The Morgan fingerprint density at radius 1 is 1.47 bits per heavy atom. The molecule has 1 amide bonds. The highest BCUT2D eigenvalue weighted by atomic mass is 35.5. The number of halogens is 1. The van der Waals surface area contributed by atoms with Gasteiger partial charge in [0.25, 0.3) is 5.91 Å². The minimum Gasteiger partial charge on any atom is -0.397 e. The first-order chi connectivity index (χ1) is 8.16. The number of aromatic nitrogens is 3. The molecule has 2 rings (SSSR count). The van der Waals surface area contributed by atoms with Crippen molar-refractivity contribution in [3.63, 3.8) is 0 Å². The van der Waals surface area contributed by atoms with Gasteiger partial charge in [-0.1, -0.05) is 11.6 Å². The maximum absolute atomic E-state index is 11.8. The summed E-state index contributed by atoms with van der Waals surface area (Å²) in [6.45, 7) is 0. The Hall–Kier alpha value is -2.21. The molecule has 0 aliphatic heterocycles. The van der Waals surface area contributed by atoms with Gasteiger partial charge in [0, 0.05) is 6.20 Å². The summed E-state index contributed by atoms with van der Waals surface area (Å²) in [5.41, 5.74) is 6.08. The molecule has 86 valence electrons. The third kappa shape index (κ3) is 2.67. The molecule has 0 atom stereocenters. The fourth-order valence-electron chi connectivity index (χ4n) is 1.18. The second-order valence-electron chi connectivity index (χ2n) is 3.17. The monoisotopic (exact) mass is 249 g/mol. The van der Waals surface area contributed by atoms with Gasteiger partial charge in [0.1, 0.15) is 5.15 Å². The van der Waals surface area contributed by atoms with E-state index < -0.39 is 5.91 Å². The summed E-state index contributed by atoms with van der Waals surface area (Å²) in [6, 6.07) is 4.71. The molecule has 6 nitrogen and oxygen atoms in total. The van der Waals surface area contributed by atoms with Gasteiger partial charge in [-0.2, -0.15) is 5.10 Å². The number of amides is 1. The fraction of sp³-hybridized carbons (Fsp3) is 0. The van der Waals surface area contributed by atoms with Crippen molar-refractivity contribution >= 4 is 29.0 Å². The van der Waals surface area contributed by atoms with Crippen LogP contribution in [-0.4, -0.2) is 21.1 Å². The molecule has 0 radical (unpaired) electrons. The van der Waals surface area contributed by atoms with Crippen LogP contribution < -0.4 is 11.1 Å². The minimum absolute atomic E-state index is 0.0839. The molecule has 3 N–H and O–H groups in total. The molecule has 0 bridgehead atoms. The zero-order chi connectivity index (χ0) is 12.3. The first kappa shape index (κ1) is 11.3. The highest BCUT2D eigenvalue weighted by Gasteiger charge is 2.12. The number of rotatable bonds is 2. The van der Waals surface area contributed by atoms with Gasteiger partial charge in [0.15, 0.2) is 5.82 Å². The van der Waals surface area contributed by atoms with E-state index >= 15 is 0 Å². The van der Waals surface area contributed by atoms with Crippen molar-refractivity contribution in [2.24, 2.45) is 0 Å². The molecule has 2 aromatic rings. The smallest absolute Gasteiger partial charge is 0.260 e. The van der Waals surface area contributed by atoms with Crippen LogP contribution in [0.2, 0.25) is 5.15 Å². The maximum atomic E-state index is 11.8. The molecular weight excluding hydrogens is 242 g/mol. The van der Waals surface area contributed by atoms with Gasteiger partial charge in [0.2, 0.25) is 0 Å². The Morgan fingerprint density at radius 3 is 3.00 bits per heavy atom. The van der Waals surface area contributed by atoms with E-state index in [0.29, 0.717) is 11.5 Å². The van der Waals surface area contributed by atoms with Crippen LogP contribution in [0.15, 0.2) is 30.6 Å². The van der Waals surface area contributed by atoms with E-state index in [-0.39, 0.29) is 10.7 Å². The second-order valence-corrected chi connectivity index (χ2v) is 3.53. The van der Waals surface area contributed by atoms with Crippen LogP contribution in [0, 0.1) is 0 Å². The van der Waals surface area contributed by atoms with E-state index in [1.54, 1.807) is 12.1 Å². The number of anilines is 2. The minimum atomic E-state index is -0.435. The SMILES string of the molecule is Nc1cnc(Cl)c(C(=O)Nc2cccnn2)c1. The van der Waals surface area contributed by atoms with E-state index in [9.17, 15) is 4.79 Å². The van der Waals surface area contributed by atoms with Crippen LogP contribution in [0.1, 0.15) is 10.4 Å². The number of nitrogens with one attached hydrogen (secondary N) is 1. The van der Waals surface area contributed by atoms with Crippen molar-refractivity contribution in [1.82, 2.24) is 15.2 Å². The Labute approximate surface area is 102 Å². The van der Waals surface area contributed by atoms with Crippen molar-refractivity contribution in [3.8, 4) is 0 Å². The Balaban J connectivity index is 2.23. The lowest BCUT2D eigenvalue weighted by atomic mass is 10.2. The van der Waals surface area contributed by atoms with Crippen LogP contribution >= 0.6 is 11.6 Å². The van der Waals surface area contributed by atoms with Crippen molar-refractivity contribution in [2.45, 2.75) is 0 Å². The van der Waals surface area contributed by atoms with Crippen LogP contribution in [0.25, 0.3) is 0 Å². The Kier molecular flexibility index (Phi) is 3.15. The molecule has 0 aliphatic carbocycles. The predicted molar refractivity (Wildman–Crippen MR) is 63.6 cm³/mol. The van der Waals surface area contributed by atoms with Gasteiger partial charge in [-0.3, -0.25) is 4.79 Å². The summed E-state index contributed by atoms with van der Waals surface area (Å²) in [4.78, 5) is 15.6. The summed E-state index contributed by atoms with van der Waals surface area (Å²) >= 11 is 5.79. The molecule has 17 heavy (non-hydrogen) atoms. The molecule has 0 aromatic carbocycles. The Bertz CT molecular complexity index is 546. The molecule has 0 saturated heterocycles. The van der Waals surface area contributed by atoms with Gasteiger partial charge < -0.3 is 11.1 Å². The molecule has 0 spiro atoms. The summed E-state index contributed by atoms with van der Waals surface area (Å²) < 4.78 is 0. The van der Waals surface area contributed by atoms with Crippen molar-refractivity contribution in [1.29, 1.82) is 0 Å². The zero-order valence-electron chi connectivity index (χ0n) is 8.59. The average Bonchev–Trinajstić information content (AvgIpc) is 2.33. The number of nitrogens with two attached hydrogens (primary N) is 1. The van der Waals surface area contributed by atoms with E-state index in [0.717, 1.165) is 0 Å². The summed E-state index contributed by atoms with van der Waals surface area (Å²) in [6.07, 6.45) is 2.88. The van der Waals surface area contributed by atoms with E-state index in [2.05, 4.69) is 20.5 Å². The van der Waals surface area contributed by atoms with Gasteiger partial charge in [-0.15, -0.1) is 5.10 Å². The largest absolute Gasteiger partial charge is 0.397 e. The van der Waals surface area contributed by atoms with Crippen molar-refractivity contribution < 1.29 is 4.79 Å². The highest BCUT2D eigenvalue weighted by Crippen LogP contribution is 2.16. The summed E-state index contributed by atoms with van der Waals surface area (Å²) in [7, 11) is 0. The lowest BCUT2D eigenvalue weighted by Crippen LogP contribution is -2.14. The number of pyridine rings is 1. The first-order valence-corrected chi connectivity index (χ1v) is 5.04.